The summed E-state index contributed by atoms with van der Waals surface area (Å²) in [6, 6.07) is 7.29. The lowest BCUT2D eigenvalue weighted by Gasteiger charge is -2.09. The van der Waals surface area contributed by atoms with Gasteiger partial charge in [0.25, 0.3) is 5.56 Å². The fraction of sp³-hybridized carbons (Fsp3) is 0.150. The zero-order valence-corrected chi connectivity index (χ0v) is 17.9. The van der Waals surface area contributed by atoms with Crippen LogP contribution < -0.4 is 10.9 Å². The molecule has 0 saturated heterocycles. The summed E-state index contributed by atoms with van der Waals surface area (Å²) >= 11 is 2.81. The Kier molecular flexibility index (Phi) is 5.04. The zero-order chi connectivity index (χ0) is 21.4. The topological polar surface area (TPSA) is 98.6 Å². The minimum absolute atomic E-state index is 0.137. The van der Waals surface area contributed by atoms with E-state index in [4.69, 9.17) is 0 Å². The van der Waals surface area contributed by atoms with Gasteiger partial charge >= 0.3 is 0 Å². The molecule has 0 saturated carbocycles. The minimum Gasteiger partial charge on any atom is -0.350 e. The molecule has 156 valence electrons. The fourth-order valence-corrected chi connectivity index (χ4v) is 4.84. The molecule has 11 heteroatoms. The number of thiazole rings is 1. The maximum absolute atomic E-state index is 12.8. The summed E-state index contributed by atoms with van der Waals surface area (Å²) in [6.45, 7) is 4.40. The van der Waals surface area contributed by atoms with Gasteiger partial charge in [-0.3, -0.25) is 23.0 Å². The van der Waals surface area contributed by atoms with Gasteiger partial charge in [-0.05, 0) is 12.1 Å². The zero-order valence-electron chi connectivity index (χ0n) is 16.3. The van der Waals surface area contributed by atoms with Gasteiger partial charge in [-0.1, -0.05) is 30.0 Å². The fourth-order valence-electron chi connectivity index (χ4n) is 3.35. The number of imidazole rings is 1. The monoisotopic (exact) mass is 451 g/mol. The molecular weight excluding hydrogens is 434 g/mol. The molecule has 9 nitrogen and oxygen atoms in total. The summed E-state index contributed by atoms with van der Waals surface area (Å²) < 4.78 is 5.26. The molecule has 0 radical (unpaired) electrons. The quantitative estimate of drug-likeness (QED) is 0.301. The Balaban J connectivity index is 1.37. The second-order valence-corrected chi connectivity index (χ2v) is 8.55. The number of fused-ring (bicyclic) bond motifs is 4. The molecule has 1 N–H and O–H groups in total. The number of allylic oxidation sites excluding steroid dienone is 1. The van der Waals surface area contributed by atoms with Crippen LogP contribution in [0.5, 0.6) is 0 Å². The molecule has 0 unspecified atom stereocenters. The Hall–Kier alpha value is -3.44. The number of thioether (sulfide) groups is 1. The van der Waals surface area contributed by atoms with Crippen molar-refractivity contribution in [1.82, 2.24) is 33.9 Å². The molecule has 5 rings (SSSR count). The summed E-state index contributed by atoms with van der Waals surface area (Å²) in [4.78, 5) is 30.6. The van der Waals surface area contributed by atoms with Crippen LogP contribution in [-0.2, 0) is 17.9 Å². The number of rotatable bonds is 7. The van der Waals surface area contributed by atoms with E-state index in [2.05, 4.69) is 27.1 Å². The van der Waals surface area contributed by atoms with E-state index in [-0.39, 0.29) is 17.2 Å². The molecule has 0 fully saturated rings. The largest absolute Gasteiger partial charge is 0.350 e. The summed E-state index contributed by atoms with van der Waals surface area (Å²) in [5.74, 6) is 0.448. The summed E-state index contributed by atoms with van der Waals surface area (Å²) in [6.07, 6.45) is 5.47. The first kappa shape index (κ1) is 19.5. The molecule has 4 aromatic heterocycles. The Labute approximate surface area is 184 Å². The van der Waals surface area contributed by atoms with Crippen molar-refractivity contribution in [2.24, 2.45) is 0 Å². The van der Waals surface area contributed by atoms with Gasteiger partial charge in [0.1, 0.15) is 0 Å². The molecule has 0 spiro atoms. The lowest BCUT2D eigenvalue weighted by atomic mass is 10.2. The van der Waals surface area contributed by atoms with Gasteiger partial charge in [0.2, 0.25) is 11.7 Å². The van der Waals surface area contributed by atoms with E-state index >= 15 is 0 Å². The van der Waals surface area contributed by atoms with Crippen LogP contribution in [0.1, 0.15) is 5.69 Å². The van der Waals surface area contributed by atoms with Crippen LogP contribution in [0, 0.1) is 0 Å². The molecule has 5 aromatic rings. The normalized spacial score (nSPS) is 11.5. The van der Waals surface area contributed by atoms with Crippen molar-refractivity contribution in [1.29, 1.82) is 0 Å². The molecule has 4 heterocycles. The number of carbonyl (C=O) groups is 1. The lowest BCUT2D eigenvalue weighted by molar-refractivity contribution is -0.118. The highest BCUT2D eigenvalue weighted by atomic mass is 32.2. The first-order chi connectivity index (χ1) is 15.2. The van der Waals surface area contributed by atoms with Gasteiger partial charge in [0.15, 0.2) is 10.1 Å². The first-order valence-electron chi connectivity index (χ1n) is 9.44. The van der Waals surface area contributed by atoms with E-state index in [9.17, 15) is 9.59 Å². The smallest absolute Gasteiger partial charge is 0.263 e. The minimum atomic E-state index is -0.148. The Morgan fingerprint density at radius 3 is 3.00 bits per heavy atom. The molecule has 1 aromatic carbocycles. The highest BCUT2D eigenvalue weighted by molar-refractivity contribution is 7.99. The van der Waals surface area contributed by atoms with Crippen molar-refractivity contribution < 1.29 is 4.79 Å². The van der Waals surface area contributed by atoms with Crippen molar-refractivity contribution in [2.45, 2.75) is 18.2 Å². The van der Waals surface area contributed by atoms with Crippen LogP contribution in [0.3, 0.4) is 0 Å². The number of nitrogens with one attached hydrogen (secondary N) is 1. The second-order valence-electron chi connectivity index (χ2n) is 6.73. The van der Waals surface area contributed by atoms with Crippen LogP contribution in [0.15, 0.2) is 64.6 Å². The van der Waals surface area contributed by atoms with Crippen molar-refractivity contribution in [3.8, 4) is 0 Å². The molecule has 0 bridgehead atoms. The van der Waals surface area contributed by atoms with E-state index in [0.717, 1.165) is 10.7 Å². The van der Waals surface area contributed by atoms with Gasteiger partial charge in [-0.2, -0.15) is 0 Å². The van der Waals surface area contributed by atoms with E-state index in [1.807, 2.05) is 44.8 Å². The third-order valence-electron chi connectivity index (χ3n) is 4.73. The van der Waals surface area contributed by atoms with Gasteiger partial charge < -0.3 is 5.32 Å². The highest BCUT2D eigenvalue weighted by Gasteiger charge is 2.17. The SMILES string of the molecule is C=CCn1c(=O)c2ccccc2n2c(SCC(=O)NCc3cn4ccsc4n3)nnc12. The van der Waals surface area contributed by atoms with Crippen molar-refractivity contribution in [3.05, 3.63) is 70.7 Å². The van der Waals surface area contributed by atoms with E-state index in [1.54, 1.807) is 23.5 Å². The number of amides is 1. The molecule has 1 amide bonds. The number of hydrogen-bond donors (Lipinski definition) is 1. The van der Waals surface area contributed by atoms with Gasteiger partial charge in [0.05, 0.1) is 28.9 Å². The van der Waals surface area contributed by atoms with Crippen molar-refractivity contribution in [3.63, 3.8) is 0 Å². The predicted molar refractivity (Wildman–Crippen MR) is 121 cm³/mol. The third-order valence-corrected chi connectivity index (χ3v) is 6.43. The highest BCUT2D eigenvalue weighted by Crippen LogP contribution is 2.21. The molecule has 0 aliphatic carbocycles. The Morgan fingerprint density at radius 2 is 2.16 bits per heavy atom. The number of benzene rings is 1. The second kappa shape index (κ2) is 8.00. The number of para-hydroxylation sites is 1. The summed E-state index contributed by atoms with van der Waals surface area (Å²) in [5.41, 5.74) is 1.36. The van der Waals surface area contributed by atoms with Gasteiger partial charge in [-0.25, -0.2) is 4.98 Å². The number of aromatic nitrogens is 6. The van der Waals surface area contributed by atoms with Crippen LogP contribution in [-0.4, -0.2) is 40.2 Å². The molecule has 31 heavy (non-hydrogen) atoms. The number of carbonyl (C=O) groups excluding carboxylic acids is 1. The third kappa shape index (κ3) is 3.51. The molecule has 0 aliphatic heterocycles. The van der Waals surface area contributed by atoms with E-state index in [0.29, 0.717) is 34.9 Å². The number of hydrogen-bond acceptors (Lipinski definition) is 7. The average molecular weight is 452 g/mol. The molecular formula is C20H17N7O2S2. The van der Waals surface area contributed by atoms with Crippen LogP contribution in [0.4, 0.5) is 0 Å². The van der Waals surface area contributed by atoms with Crippen LogP contribution >= 0.6 is 23.1 Å². The summed E-state index contributed by atoms with van der Waals surface area (Å²) in [7, 11) is 0. The van der Waals surface area contributed by atoms with Crippen molar-refractivity contribution >= 4 is 50.6 Å². The molecule has 0 aliphatic rings. The lowest BCUT2D eigenvalue weighted by Crippen LogP contribution is -2.25. The maximum Gasteiger partial charge on any atom is 0.263 e. The standard InChI is InChI=1S/C20H17N7O2S2/c1-2-7-26-17(29)14-5-3-4-6-15(14)27-18(26)23-24-20(27)31-12-16(28)21-10-13-11-25-8-9-30-19(25)22-13/h2-6,8-9,11H,1,7,10,12H2,(H,21,28). The van der Waals surface area contributed by atoms with Crippen molar-refractivity contribution in [2.75, 3.05) is 5.75 Å². The molecule has 0 atom stereocenters. The maximum atomic E-state index is 12.8. The Morgan fingerprint density at radius 1 is 1.29 bits per heavy atom. The van der Waals surface area contributed by atoms with Crippen LogP contribution in [0.2, 0.25) is 0 Å². The van der Waals surface area contributed by atoms with Crippen LogP contribution in [0.25, 0.3) is 21.6 Å². The average Bonchev–Trinajstić information content (AvgIpc) is 3.48. The van der Waals surface area contributed by atoms with Gasteiger partial charge in [0, 0.05) is 24.3 Å². The summed E-state index contributed by atoms with van der Waals surface area (Å²) in [5, 5.41) is 14.4. The first-order valence-corrected chi connectivity index (χ1v) is 11.3. The van der Waals surface area contributed by atoms with E-state index < -0.39 is 0 Å². The van der Waals surface area contributed by atoms with Gasteiger partial charge in [-0.15, -0.1) is 28.1 Å². The van der Waals surface area contributed by atoms with E-state index in [1.165, 1.54) is 16.3 Å². The Bertz CT molecular complexity index is 1470. The number of nitrogens with zero attached hydrogens (tertiary/aromatic N) is 6. The predicted octanol–water partition coefficient (Wildman–Crippen LogP) is 2.35.